The Hall–Kier alpha value is -2.34. The van der Waals surface area contributed by atoms with Crippen molar-refractivity contribution in [3.05, 3.63) is 54.6 Å². The molecule has 0 unspecified atom stereocenters. The average molecular weight is 346 g/mol. The number of hydrogen-bond acceptors (Lipinski definition) is 3. The molecule has 0 aliphatic rings. The summed E-state index contributed by atoms with van der Waals surface area (Å²) in [7, 11) is -3.79. The highest BCUT2D eigenvalue weighted by Crippen LogP contribution is 2.28. The number of para-hydroxylation sites is 2. The Kier molecular flexibility index (Phi) is 5.62. The molecule has 0 heterocycles. The maximum absolute atomic E-state index is 13.1. The molecule has 0 aromatic heterocycles. The number of nitrogens with one attached hydrogen (secondary N) is 1. The van der Waals surface area contributed by atoms with E-state index in [1.54, 1.807) is 63.2 Å². The Morgan fingerprint density at radius 1 is 1.04 bits per heavy atom. The Morgan fingerprint density at radius 3 is 2.21 bits per heavy atom. The van der Waals surface area contributed by atoms with Crippen molar-refractivity contribution in [1.29, 1.82) is 0 Å². The zero-order chi connectivity index (χ0) is 17.7. The van der Waals surface area contributed by atoms with Gasteiger partial charge in [-0.2, -0.15) is 0 Å². The van der Waals surface area contributed by atoms with E-state index in [2.05, 4.69) is 5.32 Å². The van der Waals surface area contributed by atoms with Crippen LogP contribution in [0.1, 0.15) is 20.8 Å². The zero-order valence-corrected chi connectivity index (χ0v) is 14.9. The van der Waals surface area contributed by atoms with Gasteiger partial charge in [0.15, 0.2) is 0 Å². The first kappa shape index (κ1) is 18.0. The molecule has 0 fully saturated rings. The molecule has 0 aliphatic heterocycles. The van der Waals surface area contributed by atoms with Crippen molar-refractivity contribution in [2.24, 2.45) is 5.92 Å². The number of hydrogen-bond donors (Lipinski definition) is 1. The molecule has 2 aromatic rings. The normalized spacial score (nSPS) is 11.3. The van der Waals surface area contributed by atoms with E-state index in [0.29, 0.717) is 17.9 Å². The van der Waals surface area contributed by atoms with Gasteiger partial charge in [-0.15, -0.1) is 0 Å². The number of carbonyl (C=O) groups excluding carboxylic acids is 1. The molecule has 0 saturated carbocycles. The molecule has 2 rings (SSSR count). The minimum Gasteiger partial charge on any atom is -0.325 e. The van der Waals surface area contributed by atoms with Crippen LogP contribution < -0.4 is 9.62 Å². The second-order valence-corrected chi connectivity index (χ2v) is 7.48. The molecule has 2 aromatic carbocycles. The van der Waals surface area contributed by atoms with Crippen LogP contribution in [0.3, 0.4) is 0 Å². The predicted molar refractivity (Wildman–Crippen MR) is 96.6 cm³/mol. The van der Waals surface area contributed by atoms with Crippen LogP contribution in [0.15, 0.2) is 59.5 Å². The van der Waals surface area contributed by atoms with E-state index in [-0.39, 0.29) is 16.7 Å². The van der Waals surface area contributed by atoms with Gasteiger partial charge in [-0.3, -0.25) is 9.10 Å². The summed E-state index contributed by atoms with van der Waals surface area (Å²) in [6.45, 7) is 5.59. The number of nitrogens with zero attached hydrogens (tertiary/aromatic N) is 1. The summed E-state index contributed by atoms with van der Waals surface area (Å²) in [5.41, 5.74) is 0.885. The van der Waals surface area contributed by atoms with Gasteiger partial charge in [0.25, 0.3) is 10.0 Å². The van der Waals surface area contributed by atoms with Gasteiger partial charge in [0.2, 0.25) is 5.91 Å². The fourth-order valence-electron chi connectivity index (χ4n) is 2.28. The molecular weight excluding hydrogens is 324 g/mol. The lowest BCUT2D eigenvalue weighted by molar-refractivity contribution is -0.118. The number of sulfonamides is 1. The fraction of sp³-hybridized carbons (Fsp3) is 0.278. The summed E-state index contributed by atoms with van der Waals surface area (Å²) in [6, 6.07) is 15.4. The lowest BCUT2D eigenvalue weighted by Crippen LogP contribution is -2.31. The Morgan fingerprint density at radius 2 is 1.62 bits per heavy atom. The van der Waals surface area contributed by atoms with Crippen LogP contribution in [0.2, 0.25) is 0 Å². The average Bonchev–Trinajstić information content (AvgIpc) is 2.56. The van der Waals surface area contributed by atoms with Crippen molar-refractivity contribution >= 4 is 27.3 Å². The number of rotatable bonds is 6. The van der Waals surface area contributed by atoms with Gasteiger partial charge in [-0.1, -0.05) is 44.2 Å². The van der Waals surface area contributed by atoms with Crippen molar-refractivity contribution in [1.82, 2.24) is 0 Å². The summed E-state index contributed by atoms with van der Waals surface area (Å²) in [6.07, 6.45) is 0. The highest BCUT2D eigenvalue weighted by molar-refractivity contribution is 7.93. The van der Waals surface area contributed by atoms with E-state index in [0.717, 1.165) is 0 Å². The summed E-state index contributed by atoms with van der Waals surface area (Å²) in [5.74, 6) is -0.461. The first-order valence-electron chi connectivity index (χ1n) is 7.85. The summed E-state index contributed by atoms with van der Waals surface area (Å²) in [5, 5.41) is 2.70. The van der Waals surface area contributed by atoms with Crippen LogP contribution in [0, 0.1) is 5.92 Å². The number of anilines is 2. The third kappa shape index (κ3) is 3.76. The van der Waals surface area contributed by atoms with Crippen LogP contribution in [-0.4, -0.2) is 20.9 Å². The molecule has 0 saturated heterocycles. The molecule has 0 atom stereocenters. The lowest BCUT2D eigenvalue weighted by atomic mass is 10.2. The largest absolute Gasteiger partial charge is 0.325 e. The van der Waals surface area contributed by atoms with Crippen LogP contribution in [0.5, 0.6) is 0 Å². The van der Waals surface area contributed by atoms with Gasteiger partial charge < -0.3 is 5.32 Å². The van der Waals surface area contributed by atoms with Crippen molar-refractivity contribution in [3.63, 3.8) is 0 Å². The molecule has 128 valence electrons. The van der Waals surface area contributed by atoms with Crippen molar-refractivity contribution < 1.29 is 13.2 Å². The van der Waals surface area contributed by atoms with E-state index in [1.165, 1.54) is 10.4 Å². The monoisotopic (exact) mass is 346 g/mol. The van der Waals surface area contributed by atoms with E-state index >= 15 is 0 Å². The van der Waals surface area contributed by atoms with Gasteiger partial charge in [0.05, 0.1) is 11.4 Å². The molecule has 1 amide bonds. The standard InChI is InChI=1S/C18H22N2O3S/c1-4-20(15-10-6-5-7-11-15)24(22,23)17-13-9-8-12-16(17)19-18(21)14(2)3/h5-14H,4H2,1-3H3,(H,19,21). The second-order valence-electron chi connectivity index (χ2n) is 5.65. The summed E-state index contributed by atoms with van der Waals surface area (Å²) in [4.78, 5) is 12.1. The molecule has 0 spiro atoms. The topological polar surface area (TPSA) is 66.5 Å². The van der Waals surface area contributed by atoms with Crippen LogP contribution in [-0.2, 0) is 14.8 Å². The highest BCUT2D eigenvalue weighted by atomic mass is 32.2. The smallest absolute Gasteiger partial charge is 0.266 e. The SMILES string of the molecule is CCN(c1ccccc1)S(=O)(=O)c1ccccc1NC(=O)C(C)C. The Balaban J connectivity index is 2.47. The van der Waals surface area contributed by atoms with Gasteiger partial charge >= 0.3 is 0 Å². The van der Waals surface area contributed by atoms with Crippen LogP contribution in [0.4, 0.5) is 11.4 Å². The van der Waals surface area contributed by atoms with E-state index < -0.39 is 10.0 Å². The first-order valence-corrected chi connectivity index (χ1v) is 9.29. The van der Waals surface area contributed by atoms with Crippen LogP contribution >= 0.6 is 0 Å². The molecule has 1 N–H and O–H groups in total. The third-order valence-corrected chi connectivity index (χ3v) is 5.53. The lowest BCUT2D eigenvalue weighted by Gasteiger charge is -2.24. The number of benzene rings is 2. The highest BCUT2D eigenvalue weighted by Gasteiger charge is 2.26. The molecular formula is C18H22N2O3S. The van der Waals surface area contributed by atoms with Gasteiger partial charge in [0, 0.05) is 12.5 Å². The van der Waals surface area contributed by atoms with Crippen molar-refractivity contribution in [3.8, 4) is 0 Å². The Bertz CT molecular complexity index is 802. The van der Waals surface area contributed by atoms with E-state index in [9.17, 15) is 13.2 Å². The van der Waals surface area contributed by atoms with E-state index in [4.69, 9.17) is 0 Å². The number of carbonyl (C=O) groups is 1. The summed E-state index contributed by atoms with van der Waals surface area (Å²) < 4.78 is 27.5. The van der Waals surface area contributed by atoms with Gasteiger partial charge in [-0.05, 0) is 31.2 Å². The van der Waals surface area contributed by atoms with Crippen molar-refractivity contribution in [2.75, 3.05) is 16.2 Å². The number of amides is 1. The minimum absolute atomic E-state index is 0.0877. The van der Waals surface area contributed by atoms with Crippen molar-refractivity contribution in [2.45, 2.75) is 25.7 Å². The Labute approximate surface area is 143 Å². The fourth-order valence-corrected chi connectivity index (χ4v) is 3.90. The maximum Gasteiger partial charge on any atom is 0.266 e. The van der Waals surface area contributed by atoms with Gasteiger partial charge in [0.1, 0.15) is 4.90 Å². The maximum atomic E-state index is 13.1. The minimum atomic E-state index is -3.79. The molecule has 6 heteroatoms. The predicted octanol–water partition coefficient (Wildman–Crippen LogP) is 3.50. The third-order valence-electron chi connectivity index (χ3n) is 3.57. The molecule has 0 aliphatic carbocycles. The second kappa shape index (κ2) is 7.49. The van der Waals surface area contributed by atoms with E-state index in [1.807, 2.05) is 6.07 Å². The zero-order valence-electron chi connectivity index (χ0n) is 14.1. The van der Waals surface area contributed by atoms with Gasteiger partial charge in [-0.25, -0.2) is 8.42 Å². The first-order chi connectivity index (χ1) is 11.4. The molecule has 5 nitrogen and oxygen atoms in total. The summed E-state index contributed by atoms with van der Waals surface area (Å²) >= 11 is 0. The molecule has 0 bridgehead atoms. The quantitative estimate of drug-likeness (QED) is 0.870. The molecule has 0 radical (unpaired) electrons. The molecule has 24 heavy (non-hydrogen) atoms. The van der Waals surface area contributed by atoms with Crippen LogP contribution in [0.25, 0.3) is 0 Å².